The van der Waals surface area contributed by atoms with Gasteiger partial charge in [0.05, 0.1) is 5.92 Å². The lowest BCUT2D eigenvalue weighted by molar-refractivity contribution is -0.140. The number of nitrogens with one attached hydrogen (secondary N) is 1. The molecule has 4 heteroatoms. The van der Waals surface area contributed by atoms with Crippen molar-refractivity contribution in [3.05, 3.63) is 0 Å². The molecule has 0 radical (unpaired) electrons. The molecule has 0 aromatic heterocycles. The first kappa shape index (κ1) is 13.4. The van der Waals surface area contributed by atoms with E-state index in [1.807, 2.05) is 0 Å². The second kappa shape index (κ2) is 5.06. The maximum absolute atomic E-state index is 12.8. The average Bonchev–Trinajstić information content (AvgIpc) is 2.82. The molecule has 2 heterocycles. The fraction of sp³-hybridized carbons (Fsp3) is 0.933. The summed E-state index contributed by atoms with van der Waals surface area (Å²) < 4.78 is 0. The number of hydrogen-bond donors (Lipinski definition) is 1. The number of hydrogen-bond acceptors (Lipinski definition) is 3. The fourth-order valence-corrected chi connectivity index (χ4v) is 3.99. The van der Waals surface area contributed by atoms with Crippen molar-refractivity contribution < 1.29 is 4.79 Å². The van der Waals surface area contributed by atoms with Crippen LogP contribution >= 0.6 is 0 Å². The van der Waals surface area contributed by atoms with Crippen LogP contribution in [-0.4, -0.2) is 60.0 Å². The van der Waals surface area contributed by atoms with E-state index < -0.39 is 0 Å². The zero-order valence-electron chi connectivity index (χ0n) is 12.3. The lowest BCUT2D eigenvalue weighted by Gasteiger charge is -2.45. The van der Waals surface area contributed by atoms with Crippen molar-refractivity contribution in [3.8, 4) is 0 Å². The molecule has 2 saturated heterocycles. The Morgan fingerprint density at radius 1 is 1.21 bits per heavy atom. The molecule has 108 valence electrons. The van der Waals surface area contributed by atoms with Gasteiger partial charge >= 0.3 is 0 Å². The maximum Gasteiger partial charge on any atom is 0.227 e. The van der Waals surface area contributed by atoms with Crippen molar-refractivity contribution in [3.63, 3.8) is 0 Å². The van der Waals surface area contributed by atoms with E-state index in [1.165, 1.54) is 19.3 Å². The van der Waals surface area contributed by atoms with Gasteiger partial charge in [-0.15, -0.1) is 0 Å². The Labute approximate surface area is 116 Å². The molecule has 1 unspecified atom stereocenters. The van der Waals surface area contributed by atoms with Gasteiger partial charge < -0.3 is 10.2 Å². The molecule has 1 aliphatic carbocycles. The molecular formula is C15H27N3O. The Kier molecular flexibility index (Phi) is 3.56. The minimum atomic E-state index is 0.187. The van der Waals surface area contributed by atoms with E-state index in [0.29, 0.717) is 11.9 Å². The summed E-state index contributed by atoms with van der Waals surface area (Å²) >= 11 is 0. The number of carbonyl (C=O) groups is 1. The molecule has 1 amide bonds. The van der Waals surface area contributed by atoms with Gasteiger partial charge in [-0.3, -0.25) is 9.69 Å². The highest BCUT2D eigenvalue weighted by atomic mass is 16.2. The summed E-state index contributed by atoms with van der Waals surface area (Å²) in [7, 11) is 0. The summed E-state index contributed by atoms with van der Waals surface area (Å²) in [6.45, 7) is 9.42. The number of rotatable bonds is 2. The van der Waals surface area contributed by atoms with E-state index in [4.69, 9.17) is 0 Å². The van der Waals surface area contributed by atoms with Crippen LogP contribution in [0.4, 0.5) is 0 Å². The molecule has 1 spiro atoms. The highest BCUT2D eigenvalue weighted by molar-refractivity contribution is 5.81. The lowest BCUT2D eigenvalue weighted by Crippen LogP contribution is -2.58. The van der Waals surface area contributed by atoms with Crippen LogP contribution in [0.15, 0.2) is 0 Å². The van der Waals surface area contributed by atoms with Crippen molar-refractivity contribution >= 4 is 5.91 Å². The molecule has 1 N–H and O–H groups in total. The summed E-state index contributed by atoms with van der Waals surface area (Å²) in [6.07, 6.45) is 4.74. The molecule has 3 aliphatic rings. The lowest BCUT2D eigenvalue weighted by atomic mass is 9.69. The molecule has 1 saturated carbocycles. The maximum atomic E-state index is 12.8. The van der Waals surface area contributed by atoms with Gasteiger partial charge in [0.1, 0.15) is 0 Å². The van der Waals surface area contributed by atoms with E-state index in [1.54, 1.807) is 0 Å². The Morgan fingerprint density at radius 2 is 1.89 bits per heavy atom. The van der Waals surface area contributed by atoms with Crippen molar-refractivity contribution in [1.82, 2.24) is 15.1 Å². The van der Waals surface area contributed by atoms with Crippen LogP contribution in [0.2, 0.25) is 0 Å². The quantitative estimate of drug-likeness (QED) is 0.811. The topological polar surface area (TPSA) is 35.6 Å². The monoisotopic (exact) mass is 265 g/mol. The van der Waals surface area contributed by atoms with Crippen LogP contribution < -0.4 is 5.32 Å². The molecule has 4 nitrogen and oxygen atoms in total. The van der Waals surface area contributed by atoms with Gasteiger partial charge in [-0.1, -0.05) is 0 Å². The fourth-order valence-electron chi connectivity index (χ4n) is 3.99. The van der Waals surface area contributed by atoms with Crippen LogP contribution in [0.3, 0.4) is 0 Å². The summed E-state index contributed by atoms with van der Waals surface area (Å²) in [6, 6.07) is 0.600. The average molecular weight is 265 g/mol. The number of nitrogens with zero attached hydrogens (tertiary/aromatic N) is 2. The second-order valence-corrected chi connectivity index (χ2v) is 6.73. The van der Waals surface area contributed by atoms with Crippen LogP contribution in [0.1, 0.15) is 39.5 Å². The van der Waals surface area contributed by atoms with Gasteiger partial charge in [-0.25, -0.2) is 0 Å². The minimum Gasteiger partial charge on any atom is -0.340 e. The van der Waals surface area contributed by atoms with E-state index in [2.05, 4.69) is 29.0 Å². The van der Waals surface area contributed by atoms with Gasteiger partial charge in [-0.2, -0.15) is 0 Å². The van der Waals surface area contributed by atoms with Gasteiger partial charge in [-0.05, 0) is 46.1 Å². The third-order valence-corrected chi connectivity index (χ3v) is 5.48. The van der Waals surface area contributed by atoms with Gasteiger partial charge in [0.15, 0.2) is 0 Å². The molecule has 0 aromatic carbocycles. The van der Waals surface area contributed by atoms with Crippen molar-refractivity contribution in [2.24, 2.45) is 5.92 Å². The first-order chi connectivity index (χ1) is 9.12. The number of carbonyl (C=O) groups excluding carboxylic acids is 1. The van der Waals surface area contributed by atoms with Crippen LogP contribution in [0, 0.1) is 5.92 Å². The minimum absolute atomic E-state index is 0.187. The third kappa shape index (κ3) is 2.29. The van der Waals surface area contributed by atoms with Crippen LogP contribution in [-0.2, 0) is 4.79 Å². The molecule has 1 atom stereocenters. The first-order valence-corrected chi connectivity index (χ1v) is 7.90. The Bertz CT molecular complexity index is 343. The predicted octanol–water partition coefficient (Wildman–Crippen LogP) is 1.07. The summed E-state index contributed by atoms with van der Waals surface area (Å²) in [5, 5.41) is 3.61. The van der Waals surface area contributed by atoms with Crippen molar-refractivity contribution in [1.29, 1.82) is 0 Å². The standard InChI is InChI=1S/C15H27N3O/c1-12(2)17-8-10-18(11-9-17)14(19)13-4-7-16-15(13)5-3-6-15/h12-13,16H,3-11H2,1-2H3. The molecule has 3 rings (SSSR count). The molecule has 0 aromatic rings. The number of amides is 1. The highest BCUT2D eigenvalue weighted by Crippen LogP contribution is 2.44. The van der Waals surface area contributed by atoms with Crippen molar-refractivity contribution in [2.75, 3.05) is 32.7 Å². The summed E-state index contributed by atoms with van der Waals surface area (Å²) in [4.78, 5) is 17.3. The smallest absolute Gasteiger partial charge is 0.227 e. The number of piperazine rings is 1. The van der Waals surface area contributed by atoms with E-state index in [-0.39, 0.29) is 11.5 Å². The van der Waals surface area contributed by atoms with Gasteiger partial charge in [0.25, 0.3) is 0 Å². The zero-order chi connectivity index (χ0) is 13.5. The molecule has 3 fully saturated rings. The van der Waals surface area contributed by atoms with Gasteiger partial charge in [0, 0.05) is 37.8 Å². The first-order valence-electron chi connectivity index (χ1n) is 7.90. The molecule has 0 bridgehead atoms. The van der Waals surface area contributed by atoms with Crippen LogP contribution in [0.25, 0.3) is 0 Å². The largest absolute Gasteiger partial charge is 0.340 e. The zero-order valence-corrected chi connectivity index (χ0v) is 12.3. The Balaban J connectivity index is 1.59. The Hall–Kier alpha value is -0.610. The highest BCUT2D eigenvalue weighted by Gasteiger charge is 2.51. The summed E-state index contributed by atoms with van der Waals surface area (Å²) in [5.74, 6) is 0.681. The van der Waals surface area contributed by atoms with Crippen molar-refractivity contribution in [2.45, 2.75) is 51.1 Å². The third-order valence-electron chi connectivity index (χ3n) is 5.48. The van der Waals surface area contributed by atoms with Gasteiger partial charge in [0.2, 0.25) is 5.91 Å². The Morgan fingerprint density at radius 3 is 2.42 bits per heavy atom. The molecule has 19 heavy (non-hydrogen) atoms. The van der Waals surface area contributed by atoms with E-state index in [9.17, 15) is 4.79 Å². The second-order valence-electron chi connectivity index (χ2n) is 6.73. The van der Waals surface area contributed by atoms with E-state index >= 15 is 0 Å². The predicted molar refractivity (Wildman–Crippen MR) is 76.0 cm³/mol. The molecule has 2 aliphatic heterocycles. The van der Waals surface area contributed by atoms with Crippen LogP contribution in [0.5, 0.6) is 0 Å². The summed E-state index contributed by atoms with van der Waals surface area (Å²) in [5.41, 5.74) is 0.187. The molecular weight excluding hydrogens is 238 g/mol. The SMILES string of the molecule is CC(C)N1CCN(C(=O)C2CCNC23CCC3)CC1. The normalized spacial score (nSPS) is 30.9. The van der Waals surface area contributed by atoms with E-state index in [0.717, 1.165) is 39.1 Å².